The van der Waals surface area contributed by atoms with Crippen molar-refractivity contribution in [3.8, 4) is 0 Å². The predicted molar refractivity (Wildman–Crippen MR) is 70.5 cm³/mol. The molecule has 0 bridgehead atoms. The van der Waals surface area contributed by atoms with Gasteiger partial charge in [0.05, 0.1) is 6.54 Å². The van der Waals surface area contributed by atoms with Crippen molar-refractivity contribution in [1.82, 2.24) is 15.1 Å². The van der Waals surface area contributed by atoms with Crippen molar-refractivity contribution < 1.29 is 9.59 Å². The van der Waals surface area contributed by atoms with Crippen LogP contribution in [0.25, 0.3) is 0 Å². The molecular weight excluding hydrogens is 242 g/mol. The standard InChI is InChI=1S/C14H17N3O2/c18-13(17-8-6-15-14(17)19)10-16-7-5-11-3-1-2-4-12(11)9-16/h1-4H,5-10H2,(H,15,19). The number of nitrogens with zero attached hydrogens (tertiary/aromatic N) is 2. The van der Waals surface area contributed by atoms with Gasteiger partial charge in [0.2, 0.25) is 5.91 Å². The first-order chi connectivity index (χ1) is 9.24. The number of carbonyl (C=O) groups excluding carboxylic acids is 2. The number of urea groups is 1. The van der Waals surface area contributed by atoms with Gasteiger partial charge in [0.15, 0.2) is 0 Å². The number of amides is 3. The van der Waals surface area contributed by atoms with Gasteiger partial charge in [-0.1, -0.05) is 24.3 Å². The van der Waals surface area contributed by atoms with Gasteiger partial charge in [0.25, 0.3) is 0 Å². The molecule has 2 aliphatic rings. The predicted octanol–water partition coefficient (Wildman–Crippen LogP) is 0.597. The Balaban J connectivity index is 1.63. The molecule has 1 N–H and O–H groups in total. The molecule has 3 amide bonds. The number of hydrogen-bond donors (Lipinski definition) is 1. The summed E-state index contributed by atoms with van der Waals surface area (Å²) in [6.07, 6.45) is 0.968. The largest absolute Gasteiger partial charge is 0.336 e. The smallest absolute Gasteiger partial charge is 0.324 e. The van der Waals surface area contributed by atoms with E-state index in [2.05, 4.69) is 22.3 Å². The molecule has 0 unspecified atom stereocenters. The highest BCUT2D eigenvalue weighted by Gasteiger charge is 2.28. The van der Waals surface area contributed by atoms with Gasteiger partial charge >= 0.3 is 6.03 Å². The molecule has 0 spiro atoms. The second-order valence-corrected chi connectivity index (χ2v) is 5.01. The van der Waals surface area contributed by atoms with E-state index in [1.165, 1.54) is 16.0 Å². The first-order valence-electron chi connectivity index (χ1n) is 6.61. The third-order valence-electron chi connectivity index (χ3n) is 3.73. The van der Waals surface area contributed by atoms with E-state index in [-0.39, 0.29) is 11.9 Å². The minimum atomic E-state index is -0.262. The van der Waals surface area contributed by atoms with Gasteiger partial charge in [-0.05, 0) is 17.5 Å². The van der Waals surface area contributed by atoms with Crippen molar-refractivity contribution in [2.75, 3.05) is 26.2 Å². The Kier molecular flexibility index (Phi) is 3.21. The molecule has 3 rings (SSSR count). The fourth-order valence-electron chi connectivity index (χ4n) is 2.68. The lowest BCUT2D eigenvalue weighted by Gasteiger charge is -2.29. The fourth-order valence-corrected chi connectivity index (χ4v) is 2.68. The lowest BCUT2D eigenvalue weighted by Crippen LogP contribution is -2.43. The summed E-state index contributed by atoms with van der Waals surface area (Å²) in [5, 5.41) is 2.65. The monoisotopic (exact) mass is 259 g/mol. The normalized spacial score (nSPS) is 19.2. The Hall–Kier alpha value is -1.88. The molecule has 1 saturated heterocycles. The van der Waals surface area contributed by atoms with Gasteiger partial charge in [0, 0.05) is 26.2 Å². The summed E-state index contributed by atoms with van der Waals surface area (Å²) in [6, 6.07) is 8.06. The molecule has 0 atom stereocenters. The lowest BCUT2D eigenvalue weighted by atomic mass is 10.00. The Morgan fingerprint density at radius 3 is 2.74 bits per heavy atom. The average molecular weight is 259 g/mol. The highest BCUT2D eigenvalue weighted by molar-refractivity contribution is 5.96. The van der Waals surface area contributed by atoms with E-state index in [0.717, 1.165) is 19.5 Å². The summed E-state index contributed by atoms with van der Waals surface area (Å²) >= 11 is 0. The van der Waals surface area contributed by atoms with Crippen LogP contribution in [0.1, 0.15) is 11.1 Å². The van der Waals surface area contributed by atoms with Crippen molar-refractivity contribution >= 4 is 11.9 Å². The van der Waals surface area contributed by atoms with E-state index >= 15 is 0 Å². The molecule has 5 heteroatoms. The quantitative estimate of drug-likeness (QED) is 0.846. The molecule has 0 radical (unpaired) electrons. The summed E-state index contributed by atoms with van der Waals surface area (Å²) < 4.78 is 0. The molecule has 2 aliphatic heterocycles. The Morgan fingerprint density at radius 2 is 2.00 bits per heavy atom. The van der Waals surface area contributed by atoms with Gasteiger partial charge < -0.3 is 5.32 Å². The zero-order chi connectivity index (χ0) is 13.2. The maximum Gasteiger partial charge on any atom is 0.324 e. The first-order valence-corrected chi connectivity index (χ1v) is 6.61. The Labute approximate surface area is 112 Å². The van der Waals surface area contributed by atoms with Crippen molar-refractivity contribution in [3.05, 3.63) is 35.4 Å². The summed E-state index contributed by atoms with van der Waals surface area (Å²) in [6.45, 7) is 3.03. The van der Waals surface area contributed by atoms with Crippen LogP contribution in [0.3, 0.4) is 0 Å². The van der Waals surface area contributed by atoms with Crippen molar-refractivity contribution in [1.29, 1.82) is 0 Å². The minimum absolute atomic E-state index is 0.102. The average Bonchev–Trinajstić information content (AvgIpc) is 2.85. The van der Waals surface area contributed by atoms with E-state index in [4.69, 9.17) is 0 Å². The van der Waals surface area contributed by atoms with Gasteiger partial charge in [-0.25, -0.2) is 4.79 Å². The number of nitrogens with one attached hydrogen (secondary N) is 1. The molecule has 0 aliphatic carbocycles. The molecular formula is C14H17N3O2. The number of benzene rings is 1. The second kappa shape index (κ2) is 5.01. The van der Waals surface area contributed by atoms with Crippen molar-refractivity contribution in [2.45, 2.75) is 13.0 Å². The van der Waals surface area contributed by atoms with E-state index in [0.29, 0.717) is 19.6 Å². The zero-order valence-corrected chi connectivity index (χ0v) is 10.8. The molecule has 5 nitrogen and oxygen atoms in total. The highest BCUT2D eigenvalue weighted by Crippen LogP contribution is 2.18. The topological polar surface area (TPSA) is 52.7 Å². The van der Waals surface area contributed by atoms with E-state index in [1.54, 1.807) is 0 Å². The molecule has 2 heterocycles. The highest BCUT2D eigenvalue weighted by atomic mass is 16.2. The summed E-state index contributed by atoms with van der Waals surface area (Å²) in [5.41, 5.74) is 2.65. The van der Waals surface area contributed by atoms with Crippen molar-refractivity contribution in [2.24, 2.45) is 0 Å². The molecule has 0 saturated carbocycles. The maximum absolute atomic E-state index is 12.1. The number of rotatable bonds is 2. The summed E-state index contributed by atoms with van der Waals surface area (Å²) in [4.78, 5) is 26.9. The lowest BCUT2D eigenvalue weighted by molar-refractivity contribution is -0.129. The SMILES string of the molecule is O=C(CN1CCc2ccccc2C1)N1CCNC1=O. The number of imide groups is 1. The minimum Gasteiger partial charge on any atom is -0.336 e. The van der Waals surface area contributed by atoms with E-state index in [1.807, 2.05) is 12.1 Å². The van der Waals surface area contributed by atoms with E-state index in [9.17, 15) is 9.59 Å². The molecule has 1 aromatic rings. The number of carbonyl (C=O) groups is 2. The van der Waals surface area contributed by atoms with Crippen LogP contribution >= 0.6 is 0 Å². The Bertz CT molecular complexity index is 515. The molecule has 19 heavy (non-hydrogen) atoms. The number of fused-ring (bicyclic) bond motifs is 1. The second-order valence-electron chi connectivity index (χ2n) is 5.01. The third kappa shape index (κ3) is 2.46. The van der Waals surface area contributed by atoms with Gasteiger partial charge in [-0.2, -0.15) is 0 Å². The van der Waals surface area contributed by atoms with Crippen LogP contribution in [0.15, 0.2) is 24.3 Å². The zero-order valence-electron chi connectivity index (χ0n) is 10.8. The number of hydrogen-bond acceptors (Lipinski definition) is 3. The molecule has 0 aromatic heterocycles. The van der Waals surface area contributed by atoms with Crippen LogP contribution in [-0.4, -0.2) is 47.9 Å². The third-order valence-corrected chi connectivity index (χ3v) is 3.73. The van der Waals surface area contributed by atoms with Crippen LogP contribution in [0, 0.1) is 0 Å². The van der Waals surface area contributed by atoms with Crippen LogP contribution in [0.4, 0.5) is 4.79 Å². The first kappa shape index (κ1) is 12.2. The van der Waals surface area contributed by atoms with E-state index < -0.39 is 0 Å². The molecule has 1 fully saturated rings. The van der Waals surface area contributed by atoms with Gasteiger partial charge in [0.1, 0.15) is 0 Å². The Morgan fingerprint density at radius 1 is 1.21 bits per heavy atom. The fraction of sp³-hybridized carbons (Fsp3) is 0.429. The molecule has 100 valence electrons. The van der Waals surface area contributed by atoms with Crippen LogP contribution in [0.2, 0.25) is 0 Å². The van der Waals surface area contributed by atoms with Crippen molar-refractivity contribution in [3.63, 3.8) is 0 Å². The van der Waals surface area contributed by atoms with Gasteiger partial charge in [-0.3, -0.25) is 14.6 Å². The van der Waals surface area contributed by atoms with Crippen LogP contribution in [0.5, 0.6) is 0 Å². The molecule has 1 aromatic carbocycles. The van der Waals surface area contributed by atoms with Crippen LogP contribution < -0.4 is 5.32 Å². The maximum atomic E-state index is 12.1. The summed E-state index contributed by atoms with van der Waals surface area (Å²) in [5.74, 6) is -0.102. The summed E-state index contributed by atoms with van der Waals surface area (Å²) in [7, 11) is 0. The van der Waals surface area contributed by atoms with Gasteiger partial charge in [-0.15, -0.1) is 0 Å². The van der Waals surface area contributed by atoms with Crippen LogP contribution in [-0.2, 0) is 17.8 Å².